The van der Waals surface area contributed by atoms with Crippen molar-refractivity contribution < 1.29 is 18.8 Å². The number of carbonyl (C=O) groups excluding carboxylic acids is 3. The number of isocyanates is 1. The van der Waals surface area contributed by atoms with Crippen LogP contribution in [0.5, 0.6) is 0 Å². The average Bonchev–Trinajstić information content (AvgIpc) is 2.75. The molecule has 0 bridgehead atoms. The van der Waals surface area contributed by atoms with Crippen LogP contribution in [0.2, 0.25) is 0 Å². The van der Waals surface area contributed by atoms with Crippen LogP contribution < -0.4 is 9.80 Å². The fourth-order valence-corrected chi connectivity index (χ4v) is 3.17. The Hall–Kier alpha value is -3.31. The number of para-hydroxylation sites is 2. The molecule has 1 heterocycles. The molecule has 2 aromatic carbocycles. The van der Waals surface area contributed by atoms with Crippen LogP contribution in [-0.4, -0.2) is 24.4 Å². The number of rotatable bonds is 5. The molecule has 0 radical (unpaired) electrons. The minimum Gasteiger partial charge on any atom is -0.310 e. The number of halogens is 1. The third-order valence-corrected chi connectivity index (χ3v) is 4.56. The van der Waals surface area contributed by atoms with Crippen molar-refractivity contribution in [2.24, 2.45) is 10.9 Å². The van der Waals surface area contributed by atoms with E-state index in [9.17, 15) is 18.8 Å². The molecule has 0 aromatic heterocycles. The first-order chi connectivity index (χ1) is 13.4. The van der Waals surface area contributed by atoms with Gasteiger partial charge >= 0.3 is 0 Å². The highest BCUT2D eigenvalue weighted by Gasteiger charge is 2.33. The Morgan fingerprint density at radius 1 is 1.04 bits per heavy atom. The van der Waals surface area contributed by atoms with E-state index in [0.717, 1.165) is 6.42 Å². The summed E-state index contributed by atoms with van der Waals surface area (Å²) in [4.78, 5) is 42.3. The molecule has 1 aliphatic heterocycles. The minimum absolute atomic E-state index is 0.0625. The lowest BCUT2D eigenvalue weighted by molar-refractivity contribution is -0.125. The summed E-state index contributed by atoms with van der Waals surface area (Å²) in [5.41, 5.74) is 0.674. The van der Waals surface area contributed by atoms with E-state index in [2.05, 4.69) is 18.8 Å². The lowest BCUT2D eigenvalue weighted by Gasteiger charge is -2.26. The topological polar surface area (TPSA) is 70.1 Å². The summed E-state index contributed by atoms with van der Waals surface area (Å²) in [6.45, 7) is 4.58. The number of nitrogens with zero attached hydrogens (tertiary/aromatic N) is 3. The maximum atomic E-state index is 14.9. The van der Waals surface area contributed by atoms with Crippen molar-refractivity contribution in [1.82, 2.24) is 0 Å². The van der Waals surface area contributed by atoms with Crippen molar-refractivity contribution in [3.8, 4) is 0 Å². The van der Waals surface area contributed by atoms with Gasteiger partial charge in [-0.25, -0.2) is 9.18 Å². The molecule has 0 atom stereocenters. The Kier molecular flexibility index (Phi) is 5.66. The van der Waals surface area contributed by atoms with Gasteiger partial charge in [0.05, 0.1) is 17.1 Å². The van der Waals surface area contributed by atoms with Gasteiger partial charge in [0, 0.05) is 6.54 Å². The van der Waals surface area contributed by atoms with Crippen molar-refractivity contribution in [2.45, 2.75) is 26.7 Å². The quantitative estimate of drug-likeness (QED) is 0.442. The van der Waals surface area contributed by atoms with Gasteiger partial charge in [-0.2, -0.15) is 4.99 Å². The monoisotopic (exact) mass is 381 g/mol. The Bertz CT molecular complexity index is 967. The second-order valence-electron chi connectivity index (χ2n) is 6.94. The molecule has 2 aromatic rings. The minimum atomic E-state index is -0.822. The number of aliphatic imine (C=N–C) groups is 1. The van der Waals surface area contributed by atoms with Crippen LogP contribution in [0.4, 0.5) is 27.1 Å². The molecule has 144 valence electrons. The molecule has 0 unspecified atom stereocenters. The normalized spacial score (nSPS) is 14.0. The summed E-state index contributed by atoms with van der Waals surface area (Å²) in [6.07, 6.45) is 1.70. The molecule has 0 fully saturated rings. The number of amides is 2. The number of hydrogen-bond donors (Lipinski definition) is 0. The largest absolute Gasteiger partial charge is 0.310 e. The highest BCUT2D eigenvalue weighted by atomic mass is 19.1. The zero-order valence-electron chi connectivity index (χ0n) is 15.7. The molecule has 2 amide bonds. The zero-order chi connectivity index (χ0) is 20.3. The maximum absolute atomic E-state index is 14.9. The van der Waals surface area contributed by atoms with E-state index in [-0.39, 0.29) is 23.7 Å². The maximum Gasteiger partial charge on any atom is 0.241 e. The molecule has 0 spiro atoms. The van der Waals surface area contributed by atoms with E-state index < -0.39 is 11.7 Å². The summed E-state index contributed by atoms with van der Waals surface area (Å²) >= 11 is 0. The van der Waals surface area contributed by atoms with Gasteiger partial charge in [-0.1, -0.05) is 32.0 Å². The van der Waals surface area contributed by atoms with Crippen LogP contribution >= 0.6 is 0 Å². The van der Waals surface area contributed by atoms with Gasteiger partial charge in [0.15, 0.2) is 5.82 Å². The third-order valence-electron chi connectivity index (χ3n) is 4.56. The second kappa shape index (κ2) is 8.15. The summed E-state index contributed by atoms with van der Waals surface area (Å²) in [6, 6.07) is 11.1. The van der Waals surface area contributed by atoms with Crippen LogP contribution in [0, 0.1) is 11.7 Å². The summed E-state index contributed by atoms with van der Waals surface area (Å²) in [5, 5.41) is 0. The predicted octanol–water partition coefficient (Wildman–Crippen LogP) is 4.24. The molecule has 28 heavy (non-hydrogen) atoms. The van der Waals surface area contributed by atoms with Crippen molar-refractivity contribution in [1.29, 1.82) is 0 Å². The third kappa shape index (κ3) is 3.70. The van der Waals surface area contributed by atoms with Gasteiger partial charge in [-0.15, -0.1) is 0 Å². The lowest BCUT2D eigenvalue weighted by atomic mass is 10.1. The van der Waals surface area contributed by atoms with Gasteiger partial charge < -0.3 is 4.90 Å². The first-order valence-electron chi connectivity index (χ1n) is 9.02. The van der Waals surface area contributed by atoms with Crippen LogP contribution in [0.15, 0.2) is 47.5 Å². The van der Waals surface area contributed by atoms with Crippen molar-refractivity contribution >= 4 is 40.6 Å². The van der Waals surface area contributed by atoms with Crippen molar-refractivity contribution in [3.63, 3.8) is 0 Å². The molecule has 0 saturated heterocycles. The molecule has 1 aliphatic rings. The Morgan fingerprint density at radius 2 is 1.71 bits per heavy atom. The Labute approximate surface area is 162 Å². The molecular weight excluding hydrogens is 361 g/mol. The van der Waals surface area contributed by atoms with Gasteiger partial charge in [-0.3, -0.25) is 14.5 Å². The highest BCUT2D eigenvalue weighted by Crippen LogP contribution is 2.40. The van der Waals surface area contributed by atoms with Crippen LogP contribution in [0.1, 0.15) is 26.7 Å². The number of carbonyl (C=O) groups is 2. The fraction of sp³-hybridized carbons (Fsp3) is 0.286. The standard InChI is InChI=1S/C21H20FN3O3/c1-14(2)10-11-24-16-7-3-4-8-17(16)25(20(28)12-19(24)27)18-9-5-6-15(21(18)22)23-13-26/h3-9,14H,10-12H2,1-2H3. The van der Waals surface area contributed by atoms with E-state index in [1.807, 2.05) is 0 Å². The van der Waals surface area contributed by atoms with E-state index >= 15 is 0 Å². The van der Waals surface area contributed by atoms with Crippen molar-refractivity contribution in [2.75, 3.05) is 16.3 Å². The average molecular weight is 381 g/mol. The molecule has 3 rings (SSSR count). The molecule has 0 aliphatic carbocycles. The first kappa shape index (κ1) is 19.5. The van der Waals surface area contributed by atoms with Gasteiger partial charge in [0.25, 0.3) is 0 Å². The van der Waals surface area contributed by atoms with E-state index in [1.54, 1.807) is 29.2 Å². The Morgan fingerprint density at radius 3 is 2.39 bits per heavy atom. The van der Waals surface area contributed by atoms with E-state index in [4.69, 9.17) is 0 Å². The van der Waals surface area contributed by atoms with Crippen molar-refractivity contribution in [3.05, 3.63) is 48.3 Å². The molecule has 0 saturated carbocycles. The van der Waals surface area contributed by atoms with Crippen LogP contribution in [0.3, 0.4) is 0 Å². The smallest absolute Gasteiger partial charge is 0.241 e. The van der Waals surface area contributed by atoms with Crippen LogP contribution in [0.25, 0.3) is 0 Å². The number of benzene rings is 2. The predicted molar refractivity (Wildman–Crippen MR) is 104 cm³/mol. The number of hydrogen-bond acceptors (Lipinski definition) is 4. The van der Waals surface area contributed by atoms with Gasteiger partial charge in [0.1, 0.15) is 12.1 Å². The van der Waals surface area contributed by atoms with E-state index in [0.29, 0.717) is 23.8 Å². The lowest BCUT2D eigenvalue weighted by Crippen LogP contribution is -2.33. The Balaban J connectivity index is 2.15. The summed E-state index contributed by atoms with van der Waals surface area (Å²) in [7, 11) is 0. The molecule has 7 heteroatoms. The van der Waals surface area contributed by atoms with Gasteiger partial charge in [0.2, 0.25) is 17.9 Å². The highest BCUT2D eigenvalue weighted by molar-refractivity contribution is 6.18. The second-order valence-corrected chi connectivity index (χ2v) is 6.94. The number of anilines is 3. The fourth-order valence-electron chi connectivity index (χ4n) is 3.17. The SMILES string of the molecule is CC(C)CCN1C(=O)CC(=O)N(c2cccc(N=C=O)c2F)c2ccccc21. The molecular formula is C21H20FN3O3. The summed E-state index contributed by atoms with van der Waals surface area (Å²) < 4.78 is 14.9. The molecule has 6 nitrogen and oxygen atoms in total. The zero-order valence-corrected chi connectivity index (χ0v) is 15.7. The van der Waals surface area contributed by atoms with Gasteiger partial charge in [-0.05, 0) is 36.6 Å². The molecule has 0 N–H and O–H groups in total. The first-order valence-corrected chi connectivity index (χ1v) is 9.02. The van der Waals surface area contributed by atoms with E-state index in [1.165, 1.54) is 29.2 Å². The summed E-state index contributed by atoms with van der Waals surface area (Å²) in [5.74, 6) is -1.32. The van der Waals surface area contributed by atoms with Crippen LogP contribution in [-0.2, 0) is 14.4 Å². The number of fused-ring (bicyclic) bond motifs is 1.